The van der Waals surface area contributed by atoms with Gasteiger partial charge in [0, 0.05) is 17.7 Å². The van der Waals surface area contributed by atoms with E-state index in [0.29, 0.717) is 0 Å². The fraction of sp³-hybridized carbons (Fsp3) is 0. The second-order valence-electron chi connectivity index (χ2n) is 5.58. The number of hydrogen-bond donors (Lipinski definition) is 1. The van der Waals surface area contributed by atoms with E-state index in [1.165, 1.54) is 48.6 Å². The van der Waals surface area contributed by atoms with Crippen LogP contribution in [0.3, 0.4) is 0 Å². The van der Waals surface area contributed by atoms with Crippen LogP contribution in [0, 0.1) is 20.2 Å². The van der Waals surface area contributed by atoms with Crippen LogP contribution in [0.2, 0.25) is 0 Å². The molecule has 0 atom stereocenters. The summed E-state index contributed by atoms with van der Waals surface area (Å²) in [5, 5.41) is 22.3. The van der Waals surface area contributed by atoms with Crippen LogP contribution in [-0.2, 0) is 4.79 Å². The second kappa shape index (κ2) is 8.67. The Bertz CT molecular complexity index is 1140. The number of thiocarbonyl (C=S) groups is 1. The zero-order valence-electron chi connectivity index (χ0n) is 14.7. The Labute approximate surface area is 177 Å². The number of hydrogen-bond acceptors (Lipinski definition) is 9. The molecule has 30 heavy (non-hydrogen) atoms. The Morgan fingerprint density at radius 3 is 2.63 bits per heavy atom. The van der Waals surface area contributed by atoms with Crippen molar-refractivity contribution in [2.75, 3.05) is 0 Å². The number of carbonyl (C=O) groups excluding carboxylic acids is 2. The van der Waals surface area contributed by atoms with Crippen LogP contribution in [0.25, 0.3) is 6.08 Å². The van der Waals surface area contributed by atoms with Crippen LogP contribution in [-0.4, -0.2) is 31.0 Å². The number of thioether (sulfide) groups is 1. The predicted octanol–water partition coefficient (Wildman–Crippen LogP) is 3.20. The van der Waals surface area contributed by atoms with Crippen LogP contribution >= 0.6 is 24.0 Å². The number of rotatable bonds is 6. The maximum absolute atomic E-state index is 12.5. The molecule has 3 rings (SSSR count). The third kappa shape index (κ3) is 4.59. The molecule has 1 aromatic heterocycles. The highest BCUT2D eigenvalue weighted by Gasteiger charge is 2.33. The van der Waals surface area contributed by atoms with Gasteiger partial charge in [-0.2, -0.15) is 5.01 Å². The van der Waals surface area contributed by atoms with E-state index < -0.39 is 27.5 Å². The van der Waals surface area contributed by atoms with Crippen LogP contribution < -0.4 is 5.43 Å². The van der Waals surface area contributed by atoms with E-state index >= 15 is 0 Å². The van der Waals surface area contributed by atoms with Gasteiger partial charge in [0.15, 0.2) is 4.32 Å². The highest BCUT2D eigenvalue weighted by atomic mass is 32.2. The van der Waals surface area contributed by atoms with E-state index in [9.17, 15) is 29.8 Å². The van der Waals surface area contributed by atoms with Crippen molar-refractivity contribution in [3.63, 3.8) is 0 Å². The van der Waals surface area contributed by atoms with Gasteiger partial charge in [-0.1, -0.05) is 23.9 Å². The highest BCUT2D eigenvalue weighted by molar-refractivity contribution is 8.26. The Morgan fingerprint density at radius 2 is 1.97 bits per heavy atom. The number of allylic oxidation sites excluding steroid dienone is 2. The molecular weight excluding hydrogens is 436 g/mol. The van der Waals surface area contributed by atoms with Gasteiger partial charge < -0.3 is 4.42 Å². The fourth-order valence-electron chi connectivity index (χ4n) is 2.27. The molecule has 1 aliphatic rings. The molecule has 0 radical (unpaired) electrons. The van der Waals surface area contributed by atoms with Crippen molar-refractivity contribution in [3.8, 4) is 0 Å². The van der Waals surface area contributed by atoms with Gasteiger partial charge in [0.2, 0.25) is 0 Å². The maximum atomic E-state index is 12.5. The van der Waals surface area contributed by atoms with Gasteiger partial charge in [-0.05, 0) is 36.5 Å². The van der Waals surface area contributed by atoms with Crippen LogP contribution in [0.15, 0.2) is 57.9 Å². The minimum atomic E-state index is -0.741. The van der Waals surface area contributed by atoms with Gasteiger partial charge in [0.1, 0.15) is 10.7 Å². The molecule has 0 unspecified atom stereocenters. The molecule has 1 fully saturated rings. The van der Waals surface area contributed by atoms with Crippen molar-refractivity contribution in [1.29, 1.82) is 0 Å². The van der Waals surface area contributed by atoms with Gasteiger partial charge in [0.25, 0.3) is 17.5 Å². The number of non-ortho nitro benzene ring substituents is 1. The minimum Gasteiger partial charge on any atom is -0.401 e. The first-order chi connectivity index (χ1) is 14.3. The Morgan fingerprint density at radius 1 is 1.20 bits per heavy atom. The molecule has 2 heterocycles. The molecule has 0 aliphatic carbocycles. The first-order valence-electron chi connectivity index (χ1n) is 8.00. The molecule has 11 nitrogen and oxygen atoms in total. The van der Waals surface area contributed by atoms with Gasteiger partial charge in [-0.25, -0.2) is 0 Å². The molecule has 0 saturated carbocycles. The summed E-state index contributed by atoms with van der Waals surface area (Å²) >= 11 is 6.02. The number of carbonyl (C=O) groups is 2. The van der Waals surface area contributed by atoms with Gasteiger partial charge in [-0.15, -0.1) is 0 Å². The lowest BCUT2D eigenvalue weighted by atomic mass is 10.2. The quantitative estimate of drug-likeness (QED) is 0.305. The number of hydrazine groups is 1. The third-order valence-electron chi connectivity index (χ3n) is 3.63. The molecular formula is C17H10N4O7S2. The lowest BCUT2D eigenvalue weighted by Crippen LogP contribution is -2.44. The standard InChI is InChI=1S/C17H10N4O7S2/c22-15(10-3-1-4-11(9-10)20(24)25)18-19-16(23)13(30-17(19)29)6-2-5-12-7-8-14(28-12)21(26)27/h1-9H,(H,18,22)/b5-2+,13-6+. The van der Waals surface area contributed by atoms with E-state index in [-0.39, 0.29) is 26.2 Å². The predicted molar refractivity (Wildman–Crippen MR) is 110 cm³/mol. The Hall–Kier alpha value is -3.84. The molecule has 2 amide bonds. The first-order valence-corrected chi connectivity index (χ1v) is 9.23. The van der Waals surface area contributed by atoms with E-state index in [1.807, 2.05) is 0 Å². The molecule has 13 heteroatoms. The monoisotopic (exact) mass is 446 g/mol. The average molecular weight is 446 g/mol. The number of benzene rings is 1. The van der Waals surface area contributed by atoms with E-state index in [1.54, 1.807) is 0 Å². The molecule has 0 spiro atoms. The summed E-state index contributed by atoms with van der Waals surface area (Å²) < 4.78 is 5.02. The normalized spacial score (nSPS) is 15.2. The molecule has 1 N–H and O–H groups in total. The summed E-state index contributed by atoms with van der Waals surface area (Å²) in [5.74, 6) is -1.54. The third-order valence-corrected chi connectivity index (χ3v) is 4.95. The van der Waals surface area contributed by atoms with Crippen molar-refractivity contribution < 1.29 is 23.9 Å². The van der Waals surface area contributed by atoms with E-state index in [2.05, 4.69) is 5.43 Å². The van der Waals surface area contributed by atoms with Crippen molar-refractivity contribution in [3.05, 3.63) is 85.0 Å². The summed E-state index contributed by atoms with van der Waals surface area (Å²) in [6.45, 7) is 0. The number of nitro groups is 2. The highest BCUT2D eigenvalue weighted by Crippen LogP contribution is 2.30. The summed E-state index contributed by atoms with van der Waals surface area (Å²) in [7, 11) is 0. The molecule has 2 aromatic rings. The zero-order chi connectivity index (χ0) is 21.8. The number of nitrogens with zero attached hydrogens (tertiary/aromatic N) is 3. The summed E-state index contributed by atoms with van der Waals surface area (Å²) in [6, 6.07) is 7.62. The second-order valence-corrected chi connectivity index (χ2v) is 7.26. The lowest BCUT2D eigenvalue weighted by molar-refractivity contribution is -0.402. The molecule has 1 aliphatic heterocycles. The number of furan rings is 1. The van der Waals surface area contributed by atoms with Crippen molar-refractivity contribution in [1.82, 2.24) is 10.4 Å². The molecule has 0 bridgehead atoms. The fourth-order valence-corrected chi connectivity index (χ4v) is 3.40. The molecule has 1 aromatic carbocycles. The lowest BCUT2D eigenvalue weighted by Gasteiger charge is -2.15. The Kier molecular flexibility index (Phi) is 6.03. The topological polar surface area (TPSA) is 149 Å². The largest absolute Gasteiger partial charge is 0.433 e. The van der Waals surface area contributed by atoms with Gasteiger partial charge in [-0.3, -0.25) is 35.2 Å². The van der Waals surface area contributed by atoms with Gasteiger partial charge in [0.05, 0.1) is 15.9 Å². The first kappa shape index (κ1) is 20.9. The number of nitrogens with one attached hydrogen (secondary N) is 1. The van der Waals surface area contributed by atoms with Crippen molar-refractivity contribution in [2.24, 2.45) is 0 Å². The average Bonchev–Trinajstić information content (AvgIpc) is 3.29. The zero-order valence-corrected chi connectivity index (χ0v) is 16.3. The van der Waals surface area contributed by atoms with E-state index in [0.717, 1.165) is 22.8 Å². The van der Waals surface area contributed by atoms with E-state index in [4.69, 9.17) is 16.6 Å². The minimum absolute atomic E-state index is 0.0125. The van der Waals surface area contributed by atoms with Crippen LogP contribution in [0.4, 0.5) is 11.6 Å². The van der Waals surface area contributed by atoms with Crippen LogP contribution in [0.5, 0.6) is 0 Å². The maximum Gasteiger partial charge on any atom is 0.433 e. The van der Waals surface area contributed by atoms with Crippen molar-refractivity contribution >= 4 is 57.8 Å². The molecule has 152 valence electrons. The van der Waals surface area contributed by atoms with Crippen LogP contribution in [0.1, 0.15) is 16.1 Å². The summed E-state index contributed by atoms with van der Waals surface area (Å²) in [6.07, 6.45) is 4.27. The van der Waals surface area contributed by atoms with Gasteiger partial charge >= 0.3 is 5.88 Å². The summed E-state index contributed by atoms with van der Waals surface area (Å²) in [4.78, 5) is 45.1. The SMILES string of the molecule is O=C(NN1C(=O)/C(=C\C=C\c2ccc([N+](=O)[O-])o2)SC1=S)c1cccc([N+](=O)[O-])c1. The Balaban J connectivity index is 1.69. The number of amides is 2. The van der Waals surface area contributed by atoms with Crippen molar-refractivity contribution in [2.45, 2.75) is 0 Å². The molecule has 1 saturated heterocycles. The smallest absolute Gasteiger partial charge is 0.401 e. The number of nitro benzene ring substituents is 1. The summed E-state index contributed by atoms with van der Waals surface area (Å²) in [5.41, 5.74) is 2.04.